The molecule has 1 unspecified atom stereocenters. The molecule has 0 heterocycles. The summed E-state index contributed by atoms with van der Waals surface area (Å²) in [5.74, 6) is 0.726. The van der Waals surface area contributed by atoms with Gasteiger partial charge in [-0.25, -0.2) is 0 Å². The zero-order valence-corrected chi connectivity index (χ0v) is 12.4. The van der Waals surface area contributed by atoms with Gasteiger partial charge in [-0.15, -0.1) is 0 Å². The fourth-order valence-corrected chi connectivity index (χ4v) is 3.22. The van der Waals surface area contributed by atoms with Crippen molar-refractivity contribution in [2.45, 2.75) is 18.9 Å². The molecule has 1 N–H and O–H groups in total. The van der Waals surface area contributed by atoms with Crippen molar-refractivity contribution in [3.63, 3.8) is 0 Å². The molecule has 0 fully saturated rings. The van der Waals surface area contributed by atoms with Crippen LogP contribution in [0.1, 0.15) is 6.92 Å². The highest BCUT2D eigenvalue weighted by Crippen LogP contribution is 2.09. The van der Waals surface area contributed by atoms with E-state index >= 15 is 0 Å². The molecule has 0 spiro atoms. The Kier molecular flexibility index (Phi) is 6.92. The molecule has 96 valence electrons. The van der Waals surface area contributed by atoms with Gasteiger partial charge in [0.2, 0.25) is 0 Å². The monoisotopic (exact) mass is 253 g/mol. The highest BCUT2D eigenvalue weighted by Gasteiger charge is 2.09. The molecule has 0 aliphatic rings. The Morgan fingerprint density at radius 3 is 2.41 bits per heavy atom. The number of benzene rings is 1. The van der Waals surface area contributed by atoms with Crippen LogP contribution in [0.4, 0.5) is 5.69 Å². The van der Waals surface area contributed by atoms with Gasteiger partial charge < -0.3 is 14.8 Å². The molecule has 0 aliphatic heterocycles. The van der Waals surface area contributed by atoms with E-state index in [1.54, 1.807) is 14.2 Å². The van der Waals surface area contributed by atoms with E-state index < -0.39 is 0 Å². The van der Waals surface area contributed by atoms with Crippen LogP contribution in [0.15, 0.2) is 30.3 Å². The first-order valence-electron chi connectivity index (χ1n) is 6.10. The summed E-state index contributed by atoms with van der Waals surface area (Å²) in [5, 5.41) is 3.44. The minimum atomic E-state index is -0.307. The summed E-state index contributed by atoms with van der Waals surface area (Å²) < 4.78 is 10.5. The Bertz CT molecular complexity index is 291. The van der Waals surface area contributed by atoms with Gasteiger partial charge in [0.25, 0.3) is 0 Å². The lowest BCUT2D eigenvalue weighted by molar-refractivity contribution is -0.0443. The number of hydrogen-bond acceptors (Lipinski definition) is 3. The Morgan fingerprint density at radius 1 is 1.18 bits per heavy atom. The average molecular weight is 253 g/mol. The molecule has 0 aliphatic carbocycles. The molecule has 0 saturated carbocycles. The summed E-state index contributed by atoms with van der Waals surface area (Å²) in [6, 6.07) is 11.5. The largest absolute Gasteiger partial charge is 0.385 e. The number of rotatable bonds is 8. The lowest BCUT2D eigenvalue weighted by Gasteiger charge is -2.17. The molecule has 0 bridgehead atoms. The SMILES string of the molecule is COC(OC)[SiH2]CC(C)CNc1ccccc1. The zero-order valence-electron chi connectivity index (χ0n) is 11.0. The molecular weight excluding hydrogens is 230 g/mol. The van der Waals surface area contributed by atoms with Crippen molar-refractivity contribution in [1.29, 1.82) is 0 Å². The third kappa shape index (κ3) is 5.86. The number of methoxy groups -OCH3 is 2. The second-order valence-corrected chi connectivity index (χ2v) is 6.15. The van der Waals surface area contributed by atoms with Crippen LogP contribution in [-0.4, -0.2) is 36.2 Å². The quantitative estimate of drug-likeness (QED) is 0.567. The lowest BCUT2D eigenvalue weighted by atomic mass is 10.2. The molecule has 1 atom stereocenters. The van der Waals surface area contributed by atoms with Crippen LogP contribution >= 0.6 is 0 Å². The smallest absolute Gasteiger partial charge is 0.134 e. The Morgan fingerprint density at radius 2 is 1.82 bits per heavy atom. The van der Waals surface area contributed by atoms with Crippen LogP contribution in [0.25, 0.3) is 0 Å². The van der Waals surface area contributed by atoms with Gasteiger partial charge in [0.15, 0.2) is 0 Å². The molecule has 4 heteroatoms. The van der Waals surface area contributed by atoms with Crippen molar-refractivity contribution in [3.05, 3.63) is 30.3 Å². The summed E-state index contributed by atoms with van der Waals surface area (Å²) in [7, 11) is 3.13. The third-order valence-electron chi connectivity index (χ3n) is 2.85. The normalized spacial score (nSPS) is 13.4. The van der Waals surface area contributed by atoms with Gasteiger partial charge in [-0.2, -0.15) is 0 Å². The summed E-state index contributed by atoms with van der Waals surface area (Å²) in [6.45, 7) is 3.28. The number of nitrogens with one attached hydrogen (secondary N) is 1. The van der Waals surface area contributed by atoms with Gasteiger partial charge in [-0.1, -0.05) is 31.2 Å². The molecule has 0 radical (unpaired) electrons. The fraction of sp³-hybridized carbons (Fsp3) is 0.538. The first-order chi connectivity index (χ1) is 8.26. The van der Waals surface area contributed by atoms with E-state index in [9.17, 15) is 0 Å². The van der Waals surface area contributed by atoms with Gasteiger partial charge in [0.1, 0.15) is 5.91 Å². The Balaban J connectivity index is 2.19. The van der Waals surface area contributed by atoms with Crippen LogP contribution < -0.4 is 5.32 Å². The Labute approximate surface area is 106 Å². The second-order valence-electron chi connectivity index (χ2n) is 4.33. The molecule has 1 aromatic rings. The third-order valence-corrected chi connectivity index (χ3v) is 5.31. The molecule has 1 aromatic carbocycles. The van der Waals surface area contributed by atoms with Crippen LogP contribution in [0.5, 0.6) is 0 Å². The predicted molar refractivity (Wildman–Crippen MR) is 75.3 cm³/mol. The van der Waals surface area contributed by atoms with E-state index in [1.165, 1.54) is 11.7 Å². The van der Waals surface area contributed by atoms with Crippen molar-refractivity contribution in [1.82, 2.24) is 0 Å². The second kappa shape index (κ2) is 8.28. The van der Waals surface area contributed by atoms with Crippen molar-refractivity contribution < 1.29 is 9.47 Å². The summed E-state index contributed by atoms with van der Waals surface area (Å²) in [5.41, 5.74) is 1.19. The summed E-state index contributed by atoms with van der Waals surface area (Å²) in [6.07, 6.45) is 0. The minimum Gasteiger partial charge on any atom is -0.385 e. The maximum Gasteiger partial charge on any atom is 0.134 e. The van der Waals surface area contributed by atoms with Crippen molar-refractivity contribution in [2.24, 2.45) is 5.92 Å². The first-order valence-corrected chi connectivity index (χ1v) is 7.92. The molecule has 0 saturated heterocycles. The van der Waals surface area contributed by atoms with Crippen LogP contribution in [0, 0.1) is 5.92 Å². The highest BCUT2D eigenvalue weighted by molar-refractivity contribution is 6.36. The molecule has 1 rings (SSSR count). The molecular formula is C13H23NO2Si. The minimum absolute atomic E-state index is 0.0641. The standard InChI is InChI=1S/C13H23NO2Si/c1-11(10-17-13(15-2)16-3)9-14-12-7-5-4-6-8-12/h4-8,11,13-14H,9-10,17H2,1-3H3. The molecule has 17 heavy (non-hydrogen) atoms. The maximum absolute atomic E-state index is 5.23. The van der Waals surface area contributed by atoms with Crippen LogP contribution in [-0.2, 0) is 9.47 Å². The topological polar surface area (TPSA) is 30.5 Å². The predicted octanol–water partition coefficient (Wildman–Crippen LogP) is 1.90. The van der Waals surface area contributed by atoms with E-state index in [-0.39, 0.29) is 15.4 Å². The van der Waals surface area contributed by atoms with Gasteiger partial charge >= 0.3 is 0 Å². The van der Waals surface area contributed by atoms with E-state index in [0.29, 0.717) is 5.92 Å². The molecule has 0 aromatic heterocycles. The van der Waals surface area contributed by atoms with Crippen molar-refractivity contribution in [3.8, 4) is 0 Å². The van der Waals surface area contributed by atoms with Gasteiger partial charge in [0.05, 0.1) is 9.52 Å². The maximum atomic E-state index is 5.23. The molecule has 0 amide bonds. The van der Waals surface area contributed by atoms with Gasteiger partial charge in [-0.05, 0) is 18.1 Å². The highest BCUT2D eigenvalue weighted by atomic mass is 28.2. The van der Waals surface area contributed by atoms with E-state index in [0.717, 1.165) is 6.54 Å². The van der Waals surface area contributed by atoms with Crippen molar-refractivity contribution in [2.75, 3.05) is 26.1 Å². The van der Waals surface area contributed by atoms with Crippen LogP contribution in [0.3, 0.4) is 0 Å². The van der Waals surface area contributed by atoms with Crippen molar-refractivity contribution >= 4 is 15.2 Å². The fourth-order valence-electron chi connectivity index (χ4n) is 1.70. The summed E-state index contributed by atoms with van der Waals surface area (Å²) >= 11 is 0. The van der Waals surface area contributed by atoms with E-state index in [2.05, 4.69) is 24.4 Å². The van der Waals surface area contributed by atoms with Gasteiger partial charge in [-0.3, -0.25) is 0 Å². The number of anilines is 1. The average Bonchev–Trinajstić information content (AvgIpc) is 2.39. The zero-order chi connectivity index (χ0) is 12.5. The van der Waals surface area contributed by atoms with E-state index in [4.69, 9.17) is 9.47 Å². The number of hydrogen-bond donors (Lipinski definition) is 1. The van der Waals surface area contributed by atoms with Crippen LogP contribution in [0.2, 0.25) is 6.04 Å². The number of para-hydroxylation sites is 1. The molecule has 3 nitrogen and oxygen atoms in total. The number of ether oxygens (including phenoxy) is 2. The first kappa shape index (κ1) is 14.2. The Hall–Kier alpha value is -0.843. The van der Waals surface area contributed by atoms with E-state index in [1.807, 2.05) is 18.2 Å². The van der Waals surface area contributed by atoms with Gasteiger partial charge in [0, 0.05) is 26.5 Å². The summed E-state index contributed by atoms with van der Waals surface area (Å²) in [4.78, 5) is 0. The lowest BCUT2D eigenvalue weighted by Crippen LogP contribution is -2.24.